The van der Waals surface area contributed by atoms with Gasteiger partial charge < -0.3 is 10.6 Å². The molecule has 2 N–H and O–H groups in total. The van der Waals surface area contributed by atoms with Gasteiger partial charge in [-0.1, -0.05) is 26.0 Å². The van der Waals surface area contributed by atoms with Gasteiger partial charge in [0.25, 0.3) is 0 Å². The Morgan fingerprint density at radius 2 is 2.00 bits per heavy atom. The topological polar surface area (TPSA) is 58.2 Å². The van der Waals surface area contributed by atoms with Crippen molar-refractivity contribution in [3.8, 4) is 0 Å². The Labute approximate surface area is 137 Å². The first-order valence-electron chi connectivity index (χ1n) is 7.68. The third-order valence-corrected chi connectivity index (χ3v) is 3.98. The van der Waals surface area contributed by atoms with Gasteiger partial charge in [-0.3, -0.25) is 9.59 Å². The number of aryl methyl sites for hydroxylation is 1. The zero-order valence-corrected chi connectivity index (χ0v) is 14.5. The largest absolute Gasteiger partial charge is 0.355 e. The number of benzene rings is 1. The minimum absolute atomic E-state index is 0.0236. The second-order valence-corrected chi connectivity index (χ2v) is 6.88. The minimum Gasteiger partial charge on any atom is -0.355 e. The maximum absolute atomic E-state index is 11.8. The summed E-state index contributed by atoms with van der Waals surface area (Å²) in [5.41, 5.74) is 1.96. The molecule has 1 aromatic rings. The molecule has 5 heteroatoms. The first-order chi connectivity index (χ1) is 10.5. The molecule has 0 aromatic heterocycles. The van der Waals surface area contributed by atoms with Crippen LogP contribution >= 0.6 is 11.8 Å². The number of rotatable bonds is 9. The highest BCUT2D eigenvalue weighted by Gasteiger charge is 2.05. The molecule has 0 fully saturated rings. The highest BCUT2D eigenvalue weighted by Crippen LogP contribution is 2.11. The van der Waals surface area contributed by atoms with Gasteiger partial charge >= 0.3 is 0 Å². The normalized spacial score (nSPS) is 10.5. The Kier molecular flexibility index (Phi) is 8.67. The van der Waals surface area contributed by atoms with Crippen molar-refractivity contribution in [2.24, 2.45) is 5.92 Å². The van der Waals surface area contributed by atoms with Crippen molar-refractivity contribution >= 4 is 29.3 Å². The molecule has 0 unspecified atom stereocenters. The second kappa shape index (κ2) is 10.3. The number of carbonyl (C=O) groups is 2. The fourth-order valence-electron chi connectivity index (χ4n) is 1.81. The van der Waals surface area contributed by atoms with E-state index in [0.29, 0.717) is 18.1 Å². The van der Waals surface area contributed by atoms with E-state index < -0.39 is 0 Å². The van der Waals surface area contributed by atoms with E-state index in [-0.39, 0.29) is 11.8 Å². The van der Waals surface area contributed by atoms with Crippen LogP contribution in [0.15, 0.2) is 24.3 Å². The van der Waals surface area contributed by atoms with Gasteiger partial charge in [0.1, 0.15) is 0 Å². The minimum atomic E-state index is 0.0236. The average Bonchev–Trinajstić information content (AvgIpc) is 2.44. The quantitative estimate of drug-likeness (QED) is 0.686. The lowest BCUT2D eigenvalue weighted by molar-refractivity contribution is -0.118. The van der Waals surface area contributed by atoms with Gasteiger partial charge in [-0.25, -0.2) is 0 Å². The van der Waals surface area contributed by atoms with Crippen LogP contribution < -0.4 is 10.6 Å². The van der Waals surface area contributed by atoms with Crippen LogP contribution in [-0.2, 0) is 9.59 Å². The summed E-state index contributed by atoms with van der Waals surface area (Å²) in [6.45, 7) is 6.86. The van der Waals surface area contributed by atoms with Gasteiger partial charge in [-0.15, -0.1) is 0 Å². The maximum atomic E-state index is 11.8. The van der Waals surface area contributed by atoms with Gasteiger partial charge in [-0.05, 0) is 42.7 Å². The van der Waals surface area contributed by atoms with Crippen molar-refractivity contribution in [1.82, 2.24) is 5.32 Å². The monoisotopic (exact) mass is 322 g/mol. The predicted octanol–water partition coefficient (Wildman–Crippen LogP) is 3.22. The third kappa shape index (κ3) is 8.72. The molecule has 0 aliphatic heterocycles. The molecule has 4 nitrogen and oxygen atoms in total. The summed E-state index contributed by atoms with van der Waals surface area (Å²) in [5.74, 6) is 1.85. The summed E-state index contributed by atoms with van der Waals surface area (Å²) < 4.78 is 0. The van der Waals surface area contributed by atoms with Crippen molar-refractivity contribution in [2.45, 2.75) is 33.6 Å². The Hall–Kier alpha value is -1.49. The second-order valence-electron chi connectivity index (χ2n) is 5.77. The van der Waals surface area contributed by atoms with Gasteiger partial charge in [0.15, 0.2) is 0 Å². The zero-order chi connectivity index (χ0) is 16.4. The summed E-state index contributed by atoms with van der Waals surface area (Å²) in [4.78, 5) is 23.3. The molecule has 1 rings (SSSR count). The van der Waals surface area contributed by atoms with Crippen LogP contribution in [0.25, 0.3) is 0 Å². The van der Waals surface area contributed by atoms with Gasteiger partial charge in [0.05, 0.1) is 5.75 Å². The van der Waals surface area contributed by atoms with Gasteiger partial charge in [0, 0.05) is 18.7 Å². The molecule has 0 saturated carbocycles. The molecular formula is C17H26N2O2S. The maximum Gasteiger partial charge on any atom is 0.230 e. The lowest BCUT2D eigenvalue weighted by atomic mass is 10.2. The van der Waals surface area contributed by atoms with E-state index >= 15 is 0 Å². The lowest BCUT2D eigenvalue weighted by Gasteiger charge is -2.07. The highest BCUT2D eigenvalue weighted by molar-refractivity contribution is 7.99. The Morgan fingerprint density at radius 1 is 1.23 bits per heavy atom. The number of hydrogen-bond donors (Lipinski definition) is 2. The Morgan fingerprint density at radius 3 is 2.68 bits per heavy atom. The summed E-state index contributed by atoms with van der Waals surface area (Å²) in [6, 6.07) is 7.76. The number of anilines is 1. The number of hydrogen-bond acceptors (Lipinski definition) is 3. The van der Waals surface area contributed by atoms with Crippen molar-refractivity contribution in [3.63, 3.8) is 0 Å². The average molecular weight is 322 g/mol. The van der Waals surface area contributed by atoms with E-state index in [0.717, 1.165) is 30.0 Å². The van der Waals surface area contributed by atoms with E-state index in [4.69, 9.17) is 0 Å². The molecule has 22 heavy (non-hydrogen) atoms. The Bertz CT molecular complexity index is 489. The summed E-state index contributed by atoms with van der Waals surface area (Å²) in [6.07, 6.45) is 1.26. The van der Waals surface area contributed by atoms with Crippen molar-refractivity contribution in [2.75, 3.05) is 23.4 Å². The molecule has 0 atom stereocenters. The van der Waals surface area contributed by atoms with Gasteiger partial charge in [-0.2, -0.15) is 11.8 Å². The molecule has 0 saturated heterocycles. The standard InChI is InChI=1S/C17H26N2O2S/c1-13(2)11-18-17(21)12-22-9-5-8-16(20)19-15-7-4-6-14(3)10-15/h4,6-7,10,13H,5,8-9,11-12H2,1-3H3,(H,18,21)(H,19,20). The fraction of sp³-hybridized carbons (Fsp3) is 0.529. The summed E-state index contributed by atoms with van der Waals surface area (Å²) in [7, 11) is 0. The fourth-order valence-corrected chi connectivity index (χ4v) is 2.60. The van der Waals surface area contributed by atoms with E-state index in [1.165, 1.54) is 0 Å². The van der Waals surface area contributed by atoms with Crippen molar-refractivity contribution < 1.29 is 9.59 Å². The van der Waals surface area contributed by atoms with Crippen LogP contribution in [0.5, 0.6) is 0 Å². The molecule has 0 heterocycles. The Balaban J connectivity index is 2.09. The van der Waals surface area contributed by atoms with E-state index in [9.17, 15) is 9.59 Å². The molecule has 1 aromatic carbocycles. The number of carbonyl (C=O) groups excluding carboxylic acids is 2. The molecule has 2 amide bonds. The van der Waals surface area contributed by atoms with Crippen LogP contribution in [0.1, 0.15) is 32.3 Å². The molecule has 0 radical (unpaired) electrons. The van der Waals surface area contributed by atoms with Crippen LogP contribution in [0, 0.1) is 12.8 Å². The molecular weight excluding hydrogens is 296 g/mol. The van der Waals surface area contributed by atoms with E-state index in [1.807, 2.05) is 31.2 Å². The first-order valence-corrected chi connectivity index (χ1v) is 8.84. The summed E-state index contributed by atoms with van der Waals surface area (Å²) >= 11 is 1.57. The smallest absolute Gasteiger partial charge is 0.230 e. The SMILES string of the molecule is Cc1cccc(NC(=O)CCCSCC(=O)NCC(C)C)c1. The molecule has 0 spiro atoms. The van der Waals surface area contributed by atoms with Crippen LogP contribution in [0.4, 0.5) is 5.69 Å². The van der Waals surface area contributed by atoms with Gasteiger partial charge in [0.2, 0.25) is 11.8 Å². The third-order valence-electron chi connectivity index (χ3n) is 2.93. The highest BCUT2D eigenvalue weighted by atomic mass is 32.2. The number of amides is 2. The van der Waals surface area contributed by atoms with Crippen LogP contribution in [-0.4, -0.2) is 29.9 Å². The number of thioether (sulfide) groups is 1. The number of nitrogens with one attached hydrogen (secondary N) is 2. The molecule has 0 aliphatic carbocycles. The van der Waals surface area contributed by atoms with Crippen LogP contribution in [0.3, 0.4) is 0 Å². The lowest BCUT2D eigenvalue weighted by Crippen LogP contribution is -2.28. The molecule has 122 valence electrons. The van der Waals surface area contributed by atoms with Crippen molar-refractivity contribution in [1.29, 1.82) is 0 Å². The predicted molar refractivity (Wildman–Crippen MR) is 94.2 cm³/mol. The van der Waals surface area contributed by atoms with E-state index in [2.05, 4.69) is 24.5 Å². The van der Waals surface area contributed by atoms with E-state index in [1.54, 1.807) is 11.8 Å². The molecule has 0 bridgehead atoms. The van der Waals surface area contributed by atoms with Crippen molar-refractivity contribution in [3.05, 3.63) is 29.8 Å². The first kappa shape index (κ1) is 18.6. The molecule has 0 aliphatic rings. The zero-order valence-electron chi connectivity index (χ0n) is 13.6. The van der Waals surface area contributed by atoms with Crippen LogP contribution in [0.2, 0.25) is 0 Å². The summed E-state index contributed by atoms with van der Waals surface area (Å²) in [5, 5.41) is 5.77.